The van der Waals surface area contributed by atoms with Crippen molar-refractivity contribution < 1.29 is 28.5 Å². The molecule has 0 N–H and O–H groups in total. The molecule has 0 aliphatic rings. The van der Waals surface area contributed by atoms with Gasteiger partial charge in [-0.1, -0.05) is 0 Å². The van der Waals surface area contributed by atoms with Crippen LogP contribution in [-0.4, -0.2) is 37.1 Å². The summed E-state index contributed by atoms with van der Waals surface area (Å²) in [7, 11) is 1.36. The maximum absolute atomic E-state index is 12.6. The molecule has 24 heavy (non-hydrogen) atoms. The normalized spacial score (nSPS) is 10.6. The Hall–Kier alpha value is -2.74. The SMILES string of the molecule is CCOc1ccc2nc(COC(=O)COC)c(C(C)=O)[n+]([O-])c2c1. The number of esters is 1. The van der Waals surface area contributed by atoms with Gasteiger partial charge in [-0.15, -0.1) is 0 Å². The summed E-state index contributed by atoms with van der Waals surface area (Å²) in [5, 5.41) is 12.6. The van der Waals surface area contributed by atoms with Crippen molar-refractivity contribution in [2.75, 3.05) is 20.3 Å². The lowest BCUT2D eigenvalue weighted by Crippen LogP contribution is -2.37. The second kappa shape index (κ2) is 7.69. The van der Waals surface area contributed by atoms with E-state index in [2.05, 4.69) is 9.72 Å². The van der Waals surface area contributed by atoms with Crippen LogP contribution in [0.1, 0.15) is 30.0 Å². The van der Waals surface area contributed by atoms with Gasteiger partial charge in [-0.2, -0.15) is 4.73 Å². The van der Waals surface area contributed by atoms with Gasteiger partial charge in [0, 0.05) is 14.0 Å². The van der Waals surface area contributed by atoms with Gasteiger partial charge in [-0.25, -0.2) is 9.78 Å². The second-order valence-corrected chi connectivity index (χ2v) is 4.93. The highest BCUT2D eigenvalue weighted by Gasteiger charge is 2.24. The molecule has 2 rings (SSSR count). The quantitative estimate of drug-likeness (QED) is 0.324. The molecule has 0 amide bonds. The zero-order valence-electron chi connectivity index (χ0n) is 13.7. The summed E-state index contributed by atoms with van der Waals surface area (Å²) in [6.07, 6.45) is 0. The number of rotatable bonds is 7. The van der Waals surface area contributed by atoms with Crippen molar-refractivity contribution in [1.82, 2.24) is 4.98 Å². The highest BCUT2D eigenvalue weighted by atomic mass is 16.6. The van der Waals surface area contributed by atoms with Gasteiger partial charge in [-0.3, -0.25) is 4.79 Å². The number of ketones is 1. The third kappa shape index (κ3) is 3.77. The Morgan fingerprint density at radius 3 is 2.71 bits per heavy atom. The molecule has 0 aliphatic heterocycles. The highest BCUT2D eigenvalue weighted by Crippen LogP contribution is 2.19. The van der Waals surface area contributed by atoms with Crippen LogP contribution in [0.25, 0.3) is 11.0 Å². The van der Waals surface area contributed by atoms with Gasteiger partial charge in [-0.05, 0) is 19.1 Å². The Kier molecular flexibility index (Phi) is 5.64. The fraction of sp³-hybridized carbons (Fsp3) is 0.375. The van der Waals surface area contributed by atoms with E-state index in [1.807, 2.05) is 6.92 Å². The Balaban J connectivity index is 2.47. The summed E-state index contributed by atoms with van der Waals surface area (Å²) in [6.45, 7) is 3.02. The maximum atomic E-state index is 12.6. The molecule has 1 heterocycles. The topological polar surface area (TPSA) is 102 Å². The molecular weight excluding hydrogens is 316 g/mol. The van der Waals surface area contributed by atoms with Gasteiger partial charge >= 0.3 is 5.97 Å². The third-order valence-corrected chi connectivity index (χ3v) is 3.17. The van der Waals surface area contributed by atoms with E-state index < -0.39 is 11.8 Å². The lowest BCUT2D eigenvalue weighted by molar-refractivity contribution is -0.580. The van der Waals surface area contributed by atoms with E-state index in [9.17, 15) is 14.8 Å². The number of Topliss-reactive ketones (excluding diaryl/α,β-unsaturated/α-hetero) is 1. The van der Waals surface area contributed by atoms with Crippen LogP contribution in [0.2, 0.25) is 0 Å². The van der Waals surface area contributed by atoms with Crippen molar-refractivity contribution in [2.45, 2.75) is 20.5 Å². The Labute approximate surface area is 138 Å². The number of fused-ring (bicyclic) bond motifs is 1. The van der Waals surface area contributed by atoms with Gasteiger partial charge in [0.1, 0.15) is 24.5 Å². The largest absolute Gasteiger partial charge is 0.618 e. The van der Waals surface area contributed by atoms with Crippen LogP contribution in [0.3, 0.4) is 0 Å². The lowest BCUT2D eigenvalue weighted by atomic mass is 10.2. The molecular formula is C16H18N2O6. The second-order valence-electron chi connectivity index (χ2n) is 4.93. The van der Waals surface area contributed by atoms with Crippen LogP contribution in [-0.2, 0) is 20.9 Å². The average Bonchev–Trinajstić information content (AvgIpc) is 2.53. The number of aromatic nitrogens is 2. The molecule has 0 fully saturated rings. The monoisotopic (exact) mass is 334 g/mol. The Bertz CT molecular complexity index is 775. The number of hydrogen-bond donors (Lipinski definition) is 0. The fourth-order valence-electron chi connectivity index (χ4n) is 2.21. The van der Waals surface area contributed by atoms with Crippen LogP contribution in [0.5, 0.6) is 5.75 Å². The van der Waals surface area contributed by atoms with Gasteiger partial charge in [0.05, 0.1) is 12.7 Å². The molecule has 8 heteroatoms. The standard InChI is InChI=1S/C16H18N2O6/c1-4-23-11-5-6-12-14(7-11)18(21)16(10(2)19)13(17-12)8-24-15(20)9-22-3/h5-7H,4,8-9H2,1-3H3. The molecule has 2 aromatic rings. The van der Waals surface area contributed by atoms with E-state index in [1.165, 1.54) is 20.1 Å². The zero-order chi connectivity index (χ0) is 17.7. The van der Waals surface area contributed by atoms with E-state index in [0.29, 0.717) is 22.6 Å². The maximum Gasteiger partial charge on any atom is 0.332 e. The van der Waals surface area contributed by atoms with E-state index in [-0.39, 0.29) is 30.1 Å². The summed E-state index contributed by atoms with van der Waals surface area (Å²) >= 11 is 0. The van der Waals surface area contributed by atoms with E-state index >= 15 is 0 Å². The molecule has 8 nitrogen and oxygen atoms in total. The Morgan fingerprint density at radius 1 is 1.33 bits per heavy atom. The molecule has 0 radical (unpaired) electrons. The summed E-state index contributed by atoms with van der Waals surface area (Å²) < 4.78 is 15.5. The Morgan fingerprint density at radius 2 is 2.08 bits per heavy atom. The molecule has 0 saturated heterocycles. The van der Waals surface area contributed by atoms with Crippen LogP contribution in [0.15, 0.2) is 18.2 Å². The van der Waals surface area contributed by atoms with Crippen LogP contribution in [0, 0.1) is 5.21 Å². The van der Waals surface area contributed by atoms with Gasteiger partial charge < -0.3 is 19.4 Å². The summed E-state index contributed by atoms with van der Waals surface area (Å²) in [5.41, 5.74) is 0.509. The molecule has 0 saturated carbocycles. The molecule has 0 aliphatic carbocycles. The number of methoxy groups -OCH3 is 1. The fourth-order valence-corrected chi connectivity index (χ4v) is 2.21. The van der Waals surface area contributed by atoms with Crippen LogP contribution in [0.4, 0.5) is 0 Å². The number of carbonyl (C=O) groups is 2. The predicted molar refractivity (Wildman–Crippen MR) is 83.5 cm³/mol. The van der Waals surface area contributed by atoms with Crippen molar-refractivity contribution in [3.8, 4) is 5.75 Å². The molecule has 0 spiro atoms. The molecule has 1 aromatic carbocycles. The van der Waals surface area contributed by atoms with E-state index in [4.69, 9.17) is 9.47 Å². The molecule has 0 bridgehead atoms. The first-order valence-electron chi connectivity index (χ1n) is 7.32. The van der Waals surface area contributed by atoms with Crippen molar-refractivity contribution in [3.63, 3.8) is 0 Å². The number of benzene rings is 1. The number of ether oxygens (including phenoxy) is 3. The predicted octanol–water partition coefficient (Wildman–Crippen LogP) is 1.16. The van der Waals surface area contributed by atoms with Crippen molar-refractivity contribution in [3.05, 3.63) is 34.8 Å². The van der Waals surface area contributed by atoms with E-state index in [0.717, 1.165) is 0 Å². The first-order chi connectivity index (χ1) is 11.5. The number of hydrogen-bond acceptors (Lipinski definition) is 7. The molecule has 0 atom stereocenters. The van der Waals surface area contributed by atoms with Crippen LogP contribution < -0.4 is 9.47 Å². The summed E-state index contributed by atoms with van der Waals surface area (Å²) in [4.78, 5) is 27.5. The van der Waals surface area contributed by atoms with Crippen molar-refractivity contribution in [1.29, 1.82) is 0 Å². The van der Waals surface area contributed by atoms with Gasteiger partial charge in [0.2, 0.25) is 11.3 Å². The minimum atomic E-state index is -0.613. The zero-order valence-corrected chi connectivity index (χ0v) is 13.7. The van der Waals surface area contributed by atoms with Crippen molar-refractivity contribution >= 4 is 22.8 Å². The first-order valence-corrected chi connectivity index (χ1v) is 7.32. The minimum Gasteiger partial charge on any atom is -0.618 e. The van der Waals surface area contributed by atoms with Crippen LogP contribution >= 0.6 is 0 Å². The number of nitrogens with zero attached hydrogens (tertiary/aromatic N) is 2. The summed E-state index contributed by atoms with van der Waals surface area (Å²) in [6, 6.07) is 4.80. The third-order valence-electron chi connectivity index (χ3n) is 3.17. The molecule has 0 unspecified atom stereocenters. The lowest BCUT2D eigenvalue weighted by Gasteiger charge is -2.11. The first kappa shape index (κ1) is 17.6. The smallest absolute Gasteiger partial charge is 0.332 e. The molecule has 128 valence electrons. The average molecular weight is 334 g/mol. The minimum absolute atomic E-state index is 0.0959. The van der Waals surface area contributed by atoms with E-state index in [1.54, 1.807) is 12.1 Å². The van der Waals surface area contributed by atoms with Gasteiger partial charge in [0.15, 0.2) is 5.69 Å². The van der Waals surface area contributed by atoms with Gasteiger partial charge in [0.25, 0.3) is 5.69 Å². The molecule has 1 aromatic heterocycles. The number of carbonyl (C=O) groups excluding carboxylic acids is 2. The van der Waals surface area contributed by atoms with Crippen molar-refractivity contribution in [2.24, 2.45) is 0 Å². The highest BCUT2D eigenvalue weighted by molar-refractivity contribution is 5.93. The summed E-state index contributed by atoms with van der Waals surface area (Å²) in [5.74, 6) is -0.581.